The molecule has 1 saturated carbocycles. The van der Waals surface area contributed by atoms with E-state index in [1.165, 1.54) is 0 Å². The van der Waals surface area contributed by atoms with Gasteiger partial charge in [-0.15, -0.1) is 0 Å². The minimum Gasteiger partial charge on any atom is -0.393 e. The number of aliphatic hydroxyl groups is 1. The van der Waals surface area contributed by atoms with E-state index >= 15 is 0 Å². The molecule has 1 amide bonds. The highest BCUT2D eigenvalue weighted by Crippen LogP contribution is 2.27. The summed E-state index contributed by atoms with van der Waals surface area (Å²) in [5, 5.41) is 9.19. The molecule has 0 radical (unpaired) electrons. The lowest BCUT2D eigenvalue weighted by molar-refractivity contribution is -0.130. The summed E-state index contributed by atoms with van der Waals surface area (Å²) in [6.07, 6.45) is 5.32. The van der Waals surface area contributed by atoms with Crippen molar-refractivity contribution in [3.8, 4) is 0 Å². The van der Waals surface area contributed by atoms with Crippen molar-refractivity contribution in [2.45, 2.75) is 25.4 Å². The first-order chi connectivity index (χ1) is 8.15. The van der Waals surface area contributed by atoms with Gasteiger partial charge in [0.25, 0.3) is 0 Å². The Hall–Kier alpha value is -1.42. The van der Waals surface area contributed by atoms with Crippen molar-refractivity contribution in [1.29, 1.82) is 0 Å². The number of aromatic nitrogens is 1. The second kappa shape index (κ2) is 5.27. The van der Waals surface area contributed by atoms with Crippen LogP contribution < -0.4 is 0 Å². The van der Waals surface area contributed by atoms with Crippen molar-refractivity contribution in [3.63, 3.8) is 0 Å². The summed E-state index contributed by atoms with van der Waals surface area (Å²) in [5.41, 5.74) is 0.943. The summed E-state index contributed by atoms with van der Waals surface area (Å²) in [6.45, 7) is 0.746. The largest absolute Gasteiger partial charge is 0.393 e. The lowest BCUT2D eigenvalue weighted by atomic mass is 9.82. The number of aliphatic hydroxyl groups excluding tert-OH is 1. The average molecular weight is 234 g/mol. The number of pyridine rings is 1. The molecule has 1 aromatic heterocycles. The van der Waals surface area contributed by atoms with Gasteiger partial charge in [-0.2, -0.15) is 0 Å². The average Bonchev–Trinajstić information content (AvgIpc) is 2.28. The number of rotatable bonds is 4. The van der Waals surface area contributed by atoms with Crippen LogP contribution in [0.15, 0.2) is 24.5 Å². The molecular weight excluding hydrogens is 216 g/mol. The SMILES string of the molecule is CN(CC1CC(O)C1)C(=O)Cc1cccnc1. The zero-order valence-electron chi connectivity index (χ0n) is 10.0. The number of likely N-dealkylation sites (N-methyl/N-ethyl adjacent to an activating group) is 1. The molecule has 0 aromatic carbocycles. The quantitative estimate of drug-likeness (QED) is 0.840. The van der Waals surface area contributed by atoms with Gasteiger partial charge in [-0.3, -0.25) is 9.78 Å². The highest BCUT2D eigenvalue weighted by Gasteiger charge is 2.28. The molecule has 0 unspecified atom stereocenters. The molecule has 1 aromatic rings. The maximum atomic E-state index is 11.9. The standard InChI is InChI=1S/C13H18N2O2/c1-15(9-11-5-12(16)6-11)13(17)7-10-3-2-4-14-8-10/h2-4,8,11-12,16H,5-7,9H2,1H3. The maximum absolute atomic E-state index is 11.9. The van der Waals surface area contributed by atoms with Crippen LogP contribution in [-0.4, -0.2) is 40.6 Å². The van der Waals surface area contributed by atoms with Gasteiger partial charge in [0, 0.05) is 26.0 Å². The number of carbonyl (C=O) groups is 1. The normalized spacial score (nSPS) is 22.9. The van der Waals surface area contributed by atoms with Gasteiger partial charge in [0.2, 0.25) is 5.91 Å². The third-order valence-electron chi connectivity index (χ3n) is 3.25. The smallest absolute Gasteiger partial charge is 0.226 e. The van der Waals surface area contributed by atoms with Gasteiger partial charge in [0.1, 0.15) is 0 Å². The Bertz CT molecular complexity index is 374. The maximum Gasteiger partial charge on any atom is 0.226 e. The lowest BCUT2D eigenvalue weighted by Crippen LogP contribution is -2.40. The van der Waals surface area contributed by atoms with E-state index in [-0.39, 0.29) is 12.0 Å². The van der Waals surface area contributed by atoms with Gasteiger partial charge in [-0.05, 0) is 30.4 Å². The Morgan fingerprint density at radius 3 is 2.94 bits per heavy atom. The van der Waals surface area contributed by atoms with Crippen LogP contribution >= 0.6 is 0 Å². The molecule has 1 aliphatic carbocycles. The van der Waals surface area contributed by atoms with Crippen LogP contribution in [0, 0.1) is 5.92 Å². The fourth-order valence-corrected chi connectivity index (χ4v) is 2.15. The monoisotopic (exact) mass is 234 g/mol. The molecule has 0 spiro atoms. The van der Waals surface area contributed by atoms with E-state index in [2.05, 4.69) is 4.98 Å². The molecule has 0 atom stereocenters. The molecule has 0 saturated heterocycles. The van der Waals surface area contributed by atoms with Crippen LogP contribution in [0.3, 0.4) is 0 Å². The van der Waals surface area contributed by atoms with E-state index in [0.717, 1.165) is 24.9 Å². The molecule has 0 aliphatic heterocycles. The van der Waals surface area contributed by atoms with Gasteiger partial charge in [-0.1, -0.05) is 6.07 Å². The summed E-state index contributed by atoms with van der Waals surface area (Å²) in [4.78, 5) is 17.7. The van der Waals surface area contributed by atoms with Crippen molar-refractivity contribution >= 4 is 5.91 Å². The minimum atomic E-state index is -0.151. The Balaban J connectivity index is 1.79. The molecular formula is C13H18N2O2. The third kappa shape index (κ3) is 3.27. The number of carbonyl (C=O) groups excluding carboxylic acids is 1. The molecule has 1 aliphatic rings. The Labute approximate surface area is 101 Å². The van der Waals surface area contributed by atoms with E-state index in [9.17, 15) is 9.90 Å². The first-order valence-corrected chi connectivity index (χ1v) is 5.96. The summed E-state index contributed by atoms with van der Waals surface area (Å²) in [6, 6.07) is 3.75. The van der Waals surface area contributed by atoms with Crippen molar-refractivity contribution in [2.75, 3.05) is 13.6 Å². The van der Waals surface area contributed by atoms with Crippen molar-refractivity contribution in [2.24, 2.45) is 5.92 Å². The van der Waals surface area contributed by atoms with Gasteiger partial charge in [0.15, 0.2) is 0 Å². The van der Waals surface area contributed by atoms with Crippen molar-refractivity contribution < 1.29 is 9.90 Å². The van der Waals surface area contributed by atoms with E-state index < -0.39 is 0 Å². The summed E-state index contributed by atoms with van der Waals surface area (Å²) < 4.78 is 0. The van der Waals surface area contributed by atoms with E-state index in [1.54, 1.807) is 17.3 Å². The third-order valence-corrected chi connectivity index (χ3v) is 3.25. The van der Waals surface area contributed by atoms with Crippen LogP contribution in [-0.2, 0) is 11.2 Å². The van der Waals surface area contributed by atoms with E-state index in [4.69, 9.17) is 0 Å². The number of hydrogen-bond acceptors (Lipinski definition) is 3. The van der Waals surface area contributed by atoms with E-state index in [1.807, 2.05) is 19.2 Å². The fraction of sp³-hybridized carbons (Fsp3) is 0.538. The molecule has 4 heteroatoms. The van der Waals surface area contributed by atoms with Gasteiger partial charge in [-0.25, -0.2) is 0 Å². The topological polar surface area (TPSA) is 53.4 Å². The van der Waals surface area contributed by atoms with Crippen molar-refractivity contribution in [1.82, 2.24) is 9.88 Å². The zero-order chi connectivity index (χ0) is 12.3. The number of amides is 1. The summed E-state index contributed by atoms with van der Waals surface area (Å²) in [5.74, 6) is 0.576. The second-order valence-corrected chi connectivity index (χ2v) is 4.80. The van der Waals surface area contributed by atoms with Crippen LogP contribution in [0.25, 0.3) is 0 Å². The fourth-order valence-electron chi connectivity index (χ4n) is 2.15. The molecule has 1 heterocycles. The molecule has 4 nitrogen and oxygen atoms in total. The van der Waals surface area contributed by atoms with Crippen molar-refractivity contribution in [3.05, 3.63) is 30.1 Å². The van der Waals surface area contributed by atoms with Crippen LogP contribution in [0.1, 0.15) is 18.4 Å². The first kappa shape index (κ1) is 12.0. The Kier molecular flexibility index (Phi) is 3.74. The second-order valence-electron chi connectivity index (χ2n) is 4.80. The van der Waals surface area contributed by atoms with Gasteiger partial charge >= 0.3 is 0 Å². The molecule has 17 heavy (non-hydrogen) atoms. The lowest BCUT2D eigenvalue weighted by Gasteiger charge is -2.34. The number of nitrogens with zero attached hydrogens (tertiary/aromatic N) is 2. The van der Waals surface area contributed by atoms with E-state index in [0.29, 0.717) is 12.3 Å². The molecule has 1 N–H and O–H groups in total. The first-order valence-electron chi connectivity index (χ1n) is 5.96. The van der Waals surface area contributed by atoms with Gasteiger partial charge in [0.05, 0.1) is 12.5 Å². The highest BCUT2D eigenvalue weighted by atomic mass is 16.3. The predicted octanol–water partition coefficient (Wildman–Crippen LogP) is 0.853. The summed E-state index contributed by atoms with van der Waals surface area (Å²) in [7, 11) is 1.82. The molecule has 0 bridgehead atoms. The molecule has 2 rings (SSSR count). The van der Waals surface area contributed by atoms with Gasteiger partial charge < -0.3 is 10.0 Å². The summed E-state index contributed by atoms with van der Waals surface area (Å²) >= 11 is 0. The Morgan fingerprint density at radius 1 is 1.59 bits per heavy atom. The Morgan fingerprint density at radius 2 is 2.35 bits per heavy atom. The molecule has 1 fully saturated rings. The number of hydrogen-bond donors (Lipinski definition) is 1. The van der Waals surface area contributed by atoms with Crippen LogP contribution in [0.5, 0.6) is 0 Å². The highest BCUT2D eigenvalue weighted by molar-refractivity contribution is 5.78. The van der Waals surface area contributed by atoms with Crippen LogP contribution in [0.4, 0.5) is 0 Å². The molecule has 92 valence electrons. The zero-order valence-corrected chi connectivity index (χ0v) is 10.0. The van der Waals surface area contributed by atoms with Crippen LogP contribution in [0.2, 0.25) is 0 Å². The predicted molar refractivity (Wildman–Crippen MR) is 64.3 cm³/mol. The minimum absolute atomic E-state index is 0.111.